The number of carbonyl (C=O) groups excluding carboxylic acids is 2. The number of carbonyl (C=O) groups is 3. The van der Waals surface area contributed by atoms with Gasteiger partial charge in [-0.25, -0.2) is 4.79 Å². The molecule has 3 aliphatic rings. The summed E-state index contributed by atoms with van der Waals surface area (Å²) in [6.07, 6.45) is 8.71. The van der Waals surface area contributed by atoms with Crippen LogP contribution in [0.25, 0.3) is 0 Å². The molecule has 0 unspecified atom stereocenters. The Morgan fingerprint density at radius 3 is 2.38 bits per heavy atom. The number of rotatable bonds is 10. The van der Waals surface area contributed by atoms with Gasteiger partial charge >= 0.3 is 5.97 Å². The number of piperidine rings is 1. The molecule has 9 heteroatoms. The molecule has 0 aromatic heterocycles. The third kappa shape index (κ3) is 6.26. The van der Waals surface area contributed by atoms with E-state index >= 15 is 0 Å². The largest absolute Gasteiger partial charge is 0.493 e. The minimum absolute atomic E-state index is 0.0433. The molecule has 2 aliphatic heterocycles. The smallest absolute Gasteiger partial charge is 0.335 e. The van der Waals surface area contributed by atoms with E-state index in [2.05, 4.69) is 17.1 Å². The Hall–Kier alpha value is -3.59. The number of nitrogens with one attached hydrogen (secondary N) is 1. The minimum atomic E-state index is -1.03. The first kappa shape index (κ1) is 29.9. The van der Waals surface area contributed by atoms with Gasteiger partial charge in [-0.3, -0.25) is 14.5 Å². The van der Waals surface area contributed by atoms with Gasteiger partial charge in [0.1, 0.15) is 17.3 Å². The van der Waals surface area contributed by atoms with Crippen LogP contribution in [0.2, 0.25) is 0 Å². The van der Waals surface area contributed by atoms with E-state index in [9.17, 15) is 19.5 Å². The van der Waals surface area contributed by atoms with Crippen LogP contribution in [-0.2, 0) is 16.1 Å². The van der Waals surface area contributed by atoms with Crippen molar-refractivity contribution in [3.05, 3.63) is 53.6 Å². The first-order valence-corrected chi connectivity index (χ1v) is 15.4. The van der Waals surface area contributed by atoms with Crippen molar-refractivity contribution < 1.29 is 29.0 Å². The fourth-order valence-electron chi connectivity index (χ4n) is 6.78. The van der Waals surface area contributed by atoms with Crippen LogP contribution in [0, 0.1) is 5.92 Å². The number of hydrogen-bond donors (Lipinski definition) is 2. The molecule has 2 heterocycles. The van der Waals surface area contributed by atoms with Crippen molar-refractivity contribution >= 4 is 17.8 Å². The molecule has 5 rings (SSSR count). The molecule has 42 heavy (non-hydrogen) atoms. The highest BCUT2D eigenvalue weighted by atomic mass is 16.5. The molecule has 226 valence electrons. The first-order valence-electron chi connectivity index (χ1n) is 15.4. The molecular weight excluding hydrogens is 534 g/mol. The van der Waals surface area contributed by atoms with Gasteiger partial charge in [0, 0.05) is 26.2 Å². The van der Waals surface area contributed by atoms with Crippen molar-refractivity contribution in [2.45, 2.75) is 82.8 Å². The molecule has 1 aliphatic carbocycles. The predicted molar refractivity (Wildman–Crippen MR) is 159 cm³/mol. The Morgan fingerprint density at radius 1 is 1.02 bits per heavy atom. The summed E-state index contributed by atoms with van der Waals surface area (Å²) in [7, 11) is 1.48. The molecular formula is C33H43N3O6. The van der Waals surface area contributed by atoms with E-state index in [1.807, 2.05) is 29.2 Å². The summed E-state index contributed by atoms with van der Waals surface area (Å²) in [4.78, 5) is 43.1. The van der Waals surface area contributed by atoms with Gasteiger partial charge in [-0.15, -0.1) is 0 Å². The van der Waals surface area contributed by atoms with Gasteiger partial charge in [-0.1, -0.05) is 44.7 Å². The lowest BCUT2D eigenvalue weighted by Gasteiger charge is -2.53. The number of unbranched alkanes of at least 4 members (excludes halogenated alkanes) is 1. The summed E-state index contributed by atoms with van der Waals surface area (Å²) in [6.45, 7) is 5.00. The van der Waals surface area contributed by atoms with Crippen LogP contribution >= 0.6 is 0 Å². The van der Waals surface area contributed by atoms with Crippen LogP contribution < -0.4 is 14.8 Å². The van der Waals surface area contributed by atoms with Crippen molar-refractivity contribution in [3.8, 4) is 17.2 Å². The number of hydrogen-bond acceptors (Lipinski definition) is 6. The van der Waals surface area contributed by atoms with Gasteiger partial charge in [-0.05, 0) is 73.9 Å². The maximum Gasteiger partial charge on any atom is 0.335 e. The van der Waals surface area contributed by atoms with Gasteiger partial charge in [0.25, 0.3) is 0 Å². The number of amides is 2. The number of likely N-dealkylation sites (tertiary alicyclic amines) is 1. The van der Waals surface area contributed by atoms with Gasteiger partial charge in [-0.2, -0.15) is 0 Å². The van der Waals surface area contributed by atoms with Gasteiger partial charge < -0.3 is 24.8 Å². The molecule has 9 nitrogen and oxygen atoms in total. The highest BCUT2D eigenvalue weighted by molar-refractivity contribution is 6.00. The van der Waals surface area contributed by atoms with Crippen molar-refractivity contribution in [2.75, 3.05) is 26.7 Å². The highest BCUT2D eigenvalue weighted by Gasteiger charge is 2.54. The summed E-state index contributed by atoms with van der Waals surface area (Å²) in [5.74, 6) is 0.818. The second kappa shape index (κ2) is 13.2. The lowest BCUT2D eigenvalue weighted by Crippen LogP contribution is -2.74. The number of carboxylic acids is 1. The zero-order chi connectivity index (χ0) is 29.7. The van der Waals surface area contributed by atoms with Crippen LogP contribution in [0.1, 0.15) is 80.6 Å². The topological polar surface area (TPSA) is 108 Å². The average molecular weight is 578 g/mol. The van der Waals surface area contributed by atoms with Gasteiger partial charge in [0.2, 0.25) is 11.8 Å². The van der Waals surface area contributed by atoms with E-state index in [0.29, 0.717) is 36.6 Å². The van der Waals surface area contributed by atoms with E-state index in [1.54, 1.807) is 6.07 Å². The van der Waals surface area contributed by atoms with Crippen LogP contribution in [0.3, 0.4) is 0 Å². The molecule has 0 radical (unpaired) electrons. The second-order valence-corrected chi connectivity index (χ2v) is 11.9. The third-order valence-corrected chi connectivity index (χ3v) is 9.27. The van der Waals surface area contributed by atoms with Crippen molar-refractivity contribution in [3.63, 3.8) is 0 Å². The van der Waals surface area contributed by atoms with Gasteiger partial charge in [0.15, 0.2) is 11.5 Å². The zero-order valence-electron chi connectivity index (χ0n) is 24.8. The predicted octanol–water partition coefficient (Wildman–Crippen LogP) is 5.23. The molecule has 1 saturated carbocycles. The van der Waals surface area contributed by atoms with Gasteiger partial charge in [0.05, 0.1) is 12.7 Å². The fourth-order valence-corrected chi connectivity index (χ4v) is 6.78. The van der Waals surface area contributed by atoms with Crippen molar-refractivity contribution in [2.24, 2.45) is 5.92 Å². The molecule has 0 bridgehead atoms. The molecule has 1 atom stereocenters. The molecule has 2 aromatic rings. The van der Waals surface area contributed by atoms with Crippen LogP contribution in [0.15, 0.2) is 42.5 Å². The third-order valence-electron chi connectivity index (χ3n) is 9.27. The van der Waals surface area contributed by atoms with Crippen molar-refractivity contribution in [1.82, 2.24) is 15.1 Å². The number of aromatic carboxylic acids is 1. The van der Waals surface area contributed by atoms with E-state index in [1.165, 1.54) is 25.7 Å². The summed E-state index contributed by atoms with van der Waals surface area (Å²) in [5.41, 5.74) is 0.502. The van der Waals surface area contributed by atoms with E-state index in [0.717, 1.165) is 63.7 Å². The highest BCUT2D eigenvalue weighted by Crippen LogP contribution is 2.38. The van der Waals surface area contributed by atoms with E-state index in [-0.39, 0.29) is 29.3 Å². The number of methoxy groups -OCH3 is 1. The summed E-state index contributed by atoms with van der Waals surface area (Å²) in [6, 6.07) is 11.9. The number of piperazine rings is 1. The summed E-state index contributed by atoms with van der Waals surface area (Å²) in [5, 5.41) is 12.4. The van der Waals surface area contributed by atoms with E-state index < -0.39 is 11.5 Å². The maximum atomic E-state index is 13.8. The van der Waals surface area contributed by atoms with Crippen LogP contribution in [0.5, 0.6) is 17.2 Å². The van der Waals surface area contributed by atoms with Crippen molar-refractivity contribution in [1.29, 1.82) is 0 Å². The Bertz CT molecular complexity index is 1270. The van der Waals surface area contributed by atoms with Crippen LogP contribution in [0.4, 0.5) is 0 Å². The fraction of sp³-hybridized carbons (Fsp3) is 0.545. The monoisotopic (exact) mass is 577 g/mol. The molecule has 2 saturated heterocycles. The quantitative estimate of drug-likeness (QED) is 0.398. The second-order valence-electron chi connectivity index (χ2n) is 11.9. The Balaban J connectivity index is 1.21. The number of nitrogens with zero attached hydrogens (tertiary/aromatic N) is 2. The summed E-state index contributed by atoms with van der Waals surface area (Å²) >= 11 is 0. The number of carboxylic acid groups (broad SMARTS) is 1. The average Bonchev–Trinajstić information content (AvgIpc) is 3.01. The molecule has 3 fully saturated rings. The lowest BCUT2D eigenvalue weighted by atomic mass is 9.77. The molecule has 2 amide bonds. The molecule has 2 N–H and O–H groups in total. The first-order chi connectivity index (χ1) is 20.3. The summed E-state index contributed by atoms with van der Waals surface area (Å²) < 4.78 is 11.3. The lowest BCUT2D eigenvalue weighted by molar-refractivity contribution is -0.163. The van der Waals surface area contributed by atoms with Crippen LogP contribution in [-0.4, -0.2) is 71.0 Å². The Labute approximate surface area is 248 Å². The Morgan fingerprint density at radius 2 is 1.74 bits per heavy atom. The number of benzene rings is 2. The molecule has 2 aromatic carbocycles. The SMILES string of the molecule is CCCCN1C(=O)[C@H](C2CCCCC2)NC(=O)C12CCN(Cc1ccc(Oc3ccc(C(=O)O)cc3OC)cc1)CC2. The maximum absolute atomic E-state index is 13.8. The van der Waals surface area contributed by atoms with E-state index in [4.69, 9.17) is 9.47 Å². The number of ether oxygens (including phenoxy) is 2. The Kier molecular flexibility index (Phi) is 9.36. The zero-order valence-corrected chi connectivity index (χ0v) is 24.8. The standard InChI is InChI=1S/C33H43N3O6/c1-3-4-18-36-30(37)29(24-8-6-5-7-9-24)34-32(40)33(36)16-19-35(20-17-33)22-23-10-13-26(14-11-23)42-27-15-12-25(31(38)39)21-28(27)41-2/h10-15,21,24,29H,3-9,16-20,22H2,1-2H3,(H,34,40)(H,38,39)/t29-/m0/s1. The minimum Gasteiger partial charge on any atom is -0.493 e. The molecule has 1 spiro atoms. The normalized spacial score (nSPS) is 21.3.